The van der Waals surface area contributed by atoms with Gasteiger partial charge in [-0.05, 0) is 23.5 Å². The summed E-state index contributed by atoms with van der Waals surface area (Å²) in [4.78, 5) is 10.7. The number of carbonyl (C=O) groups is 1. The van der Waals surface area contributed by atoms with E-state index in [4.69, 9.17) is 5.11 Å². The van der Waals surface area contributed by atoms with Crippen LogP contribution in [0.15, 0.2) is 18.2 Å². The van der Waals surface area contributed by atoms with Crippen molar-refractivity contribution in [2.75, 3.05) is 0 Å². The van der Waals surface area contributed by atoms with Crippen molar-refractivity contribution in [3.05, 3.63) is 35.4 Å². The Balaban J connectivity index is 3.05. The summed E-state index contributed by atoms with van der Waals surface area (Å²) in [6.07, 6.45) is -0.153. The molecule has 0 amide bonds. The zero-order valence-corrected chi connectivity index (χ0v) is 9.21. The molecule has 1 aromatic carbocycles. The highest BCUT2D eigenvalue weighted by atomic mass is 19.1. The van der Waals surface area contributed by atoms with Gasteiger partial charge in [-0.25, -0.2) is 8.78 Å². The molecule has 1 unspecified atom stereocenters. The van der Waals surface area contributed by atoms with E-state index in [1.165, 1.54) is 6.07 Å². The van der Waals surface area contributed by atoms with Crippen LogP contribution in [-0.2, 0) is 4.79 Å². The van der Waals surface area contributed by atoms with Crippen LogP contribution in [0.2, 0.25) is 0 Å². The minimum Gasteiger partial charge on any atom is -0.481 e. The first kappa shape index (κ1) is 12.6. The van der Waals surface area contributed by atoms with Crippen LogP contribution in [0.1, 0.15) is 31.7 Å². The minimum absolute atomic E-state index is 0.0175. The maximum absolute atomic E-state index is 13.5. The summed E-state index contributed by atoms with van der Waals surface area (Å²) in [5.41, 5.74) is 0.263. The van der Waals surface area contributed by atoms with Gasteiger partial charge in [0.25, 0.3) is 0 Å². The van der Waals surface area contributed by atoms with E-state index in [0.717, 1.165) is 12.1 Å². The average molecular weight is 228 g/mol. The highest BCUT2D eigenvalue weighted by molar-refractivity contribution is 5.68. The molecule has 88 valence electrons. The van der Waals surface area contributed by atoms with Gasteiger partial charge in [-0.2, -0.15) is 0 Å². The largest absolute Gasteiger partial charge is 0.481 e. The predicted molar refractivity (Wildman–Crippen MR) is 56.2 cm³/mol. The third-order valence-corrected chi connectivity index (χ3v) is 2.56. The first-order valence-corrected chi connectivity index (χ1v) is 5.08. The van der Waals surface area contributed by atoms with Gasteiger partial charge in [-0.3, -0.25) is 4.79 Å². The van der Waals surface area contributed by atoms with Crippen LogP contribution in [0.5, 0.6) is 0 Å². The van der Waals surface area contributed by atoms with Gasteiger partial charge in [0.1, 0.15) is 11.6 Å². The third kappa shape index (κ3) is 3.02. The molecular formula is C12H14F2O2. The summed E-state index contributed by atoms with van der Waals surface area (Å²) in [5, 5.41) is 8.74. The minimum atomic E-state index is -0.984. The summed E-state index contributed by atoms with van der Waals surface area (Å²) in [6.45, 7) is 3.63. The van der Waals surface area contributed by atoms with Crippen LogP contribution in [0.4, 0.5) is 8.78 Å². The fourth-order valence-electron chi connectivity index (χ4n) is 1.70. The standard InChI is InChI=1S/C12H14F2O2/c1-7(2)10(6-12(15)16)9-4-3-8(13)5-11(9)14/h3-5,7,10H,6H2,1-2H3,(H,15,16). The molecule has 0 heterocycles. The number of benzene rings is 1. The van der Waals surface area contributed by atoms with Crippen molar-refractivity contribution in [3.8, 4) is 0 Å². The second kappa shape index (κ2) is 5.05. The van der Waals surface area contributed by atoms with Crippen LogP contribution in [0.25, 0.3) is 0 Å². The molecule has 0 aliphatic heterocycles. The molecule has 0 saturated carbocycles. The molecule has 0 radical (unpaired) electrons. The van der Waals surface area contributed by atoms with Crippen LogP contribution in [0, 0.1) is 17.6 Å². The number of hydrogen-bond donors (Lipinski definition) is 1. The maximum Gasteiger partial charge on any atom is 0.303 e. The first-order valence-electron chi connectivity index (χ1n) is 5.08. The lowest BCUT2D eigenvalue weighted by Gasteiger charge is -2.19. The number of rotatable bonds is 4. The SMILES string of the molecule is CC(C)C(CC(=O)O)c1ccc(F)cc1F. The van der Waals surface area contributed by atoms with E-state index in [0.29, 0.717) is 0 Å². The van der Waals surface area contributed by atoms with Crippen molar-refractivity contribution in [3.63, 3.8) is 0 Å². The van der Waals surface area contributed by atoms with Crippen molar-refractivity contribution in [2.24, 2.45) is 5.92 Å². The molecule has 0 spiro atoms. The van der Waals surface area contributed by atoms with Gasteiger partial charge in [0.2, 0.25) is 0 Å². The molecule has 1 aromatic rings. The van der Waals surface area contributed by atoms with E-state index in [1.807, 2.05) is 13.8 Å². The Morgan fingerprint density at radius 3 is 2.44 bits per heavy atom. The molecule has 0 saturated heterocycles. The van der Waals surface area contributed by atoms with Gasteiger partial charge >= 0.3 is 5.97 Å². The number of hydrogen-bond acceptors (Lipinski definition) is 1. The highest BCUT2D eigenvalue weighted by Gasteiger charge is 2.22. The molecule has 4 heteroatoms. The van der Waals surface area contributed by atoms with Gasteiger partial charge in [-0.15, -0.1) is 0 Å². The zero-order chi connectivity index (χ0) is 12.3. The van der Waals surface area contributed by atoms with Gasteiger partial charge in [0, 0.05) is 6.07 Å². The first-order chi connectivity index (χ1) is 7.41. The van der Waals surface area contributed by atoms with Gasteiger partial charge in [0.05, 0.1) is 6.42 Å². The highest BCUT2D eigenvalue weighted by Crippen LogP contribution is 2.30. The topological polar surface area (TPSA) is 37.3 Å². The Labute approximate surface area is 92.9 Å². The van der Waals surface area contributed by atoms with Crippen LogP contribution in [-0.4, -0.2) is 11.1 Å². The lowest BCUT2D eigenvalue weighted by molar-refractivity contribution is -0.137. The molecular weight excluding hydrogens is 214 g/mol. The van der Waals surface area contributed by atoms with Gasteiger partial charge < -0.3 is 5.11 Å². The summed E-state index contributed by atoms with van der Waals surface area (Å²) in [5.74, 6) is -2.77. The maximum atomic E-state index is 13.5. The van der Waals surface area contributed by atoms with E-state index in [1.54, 1.807) is 0 Å². The Hall–Kier alpha value is -1.45. The van der Waals surface area contributed by atoms with Crippen LogP contribution >= 0.6 is 0 Å². The molecule has 0 aliphatic carbocycles. The van der Waals surface area contributed by atoms with Crippen molar-refractivity contribution in [2.45, 2.75) is 26.2 Å². The second-order valence-electron chi connectivity index (χ2n) is 4.11. The van der Waals surface area contributed by atoms with E-state index < -0.39 is 23.5 Å². The Morgan fingerprint density at radius 2 is 2.00 bits per heavy atom. The number of carboxylic acid groups (broad SMARTS) is 1. The molecule has 2 nitrogen and oxygen atoms in total. The molecule has 0 fully saturated rings. The van der Waals surface area contributed by atoms with E-state index in [9.17, 15) is 13.6 Å². The molecule has 16 heavy (non-hydrogen) atoms. The summed E-state index contributed by atoms with van der Waals surface area (Å²) < 4.78 is 26.2. The Bertz CT molecular complexity index is 389. The summed E-state index contributed by atoms with van der Waals surface area (Å²) in [7, 11) is 0. The summed E-state index contributed by atoms with van der Waals surface area (Å²) >= 11 is 0. The lowest BCUT2D eigenvalue weighted by Crippen LogP contribution is -2.13. The molecule has 1 N–H and O–H groups in total. The van der Waals surface area contributed by atoms with E-state index >= 15 is 0 Å². The normalized spacial score (nSPS) is 12.8. The zero-order valence-electron chi connectivity index (χ0n) is 9.21. The molecule has 0 aromatic heterocycles. The summed E-state index contributed by atoms with van der Waals surface area (Å²) in [6, 6.07) is 3.25. The molecule has 0 bridgehead atoms. The van der Waals surface area contributed by atoms with Crippen LogP contribution < -0.4 is 0 Å². The third-order valence-electron chi connectivity index (χ3n) is 2.56. The number of aliphatic carboxylic acids is 1. The van der Waals surface area contributed by atoms with Crippen molar-refractivity contribution < 1.29 is 18.7 Å². The number of halogens is 2. The predicted octanol–water partition coefficient (Wildman–Crippen LogP) is 3.18. The smallest absolute Gasteiger partial charge is 0.303 e. The van der Waals surface area contributed by atoms with Gasteiger partial charge in [-0.1, -0.05) is 19.9 Å². The van der Waals surface area contributed by atoms with Crippen LogP contribution in [0.3, 0.4) is 0 Å². The average Bonchev–Trinajstić information content (AvgIpc) is 2.14. The van der Waals surface area contributed by atoms with Crippen molar-refractivity contribution >= 4 is 5.97 Å². The fraction of sp³-hybridized carbons (Fsp3) is 0.417. The lowest BCUT2D eigenvalue weighted by atomic mass is 9.85. The van der Waals surface area contributed by atoms with Gasteiger partial charge in [0.15, 0.2) is 0 Å². The Kier molecular flexibility index (Phi) is 3.99. The molecule has 1 atom stereocenters. The van der Waals surface area contributed by atoms with Crippen molar-refractivity contribution in [1.82, 2.24) is 0 Å². The fourth-order valence-corrected chi connectivity index (χ4v) is 1.70. The van der Waals surface area contributed by atoms with E-state index in [2.05, 4.69) is 0 Å². The Morgan fingerprint density at radius 1 is 1.38 bits per heavy atom. The van der Waals surface area contributed by atoms with E-state index in [-0.39, 0.29) is 17.9 Å². The second-order valence-corrected chi connectivity index (χ2v) is 4.11. The van der Waals surface area contributed by atoms with Crippen molar-refractivity contribution in [1.29, 1.82) is 0 Å². The monoisotopic (exact) mass is 228 g/mol. The molecule has 1 rings (SSSR count). The number of carboxylic acids is 1. The molecule has 0 aliphatic rings. The quantitative estimate of drug-likeness (QED) is 0.859.